The molecule has 2 N–H and O–H groups in total. The Kier molecular flexibility index (Phi) is 4.07. The molecule has 11 heavy (non-hydrogen) atoms. The third kappa shape index (κ3) is 7.29. The molecule has 0 heterocycles. The number of nitrogens with one attached hydrogen (secondary N) is 1. The second-order valence-corrected chi connectivity index (χ2v) is 3.37. The lowest BCUT2D eigenvalue weighted by molar-refractivity contribution is -0.906. The van der Waals surface area contributed by atoms with Crippen molar-refractivity contribution in [3.05, 3.63) is 0 Å². The van der Waals surface area contributed by atoms with Crippen LogP contribution < -0.4 is 5.43 Å². The third-order valence-corrected chi connectivity index (χ3v) is 1.02. The van der Waals surface area contributed by atoms with Gasteiger partial charge in [-0.1, -0.05) is 0 Å². The molecule has 66 valence electrons. The van der Waals surface area contributed by atoms with Gasteiger partial charge < -0.3 is 5.11 Å². The van der Waals surface area contributed by atoms with Gasteiger partial charge in [-0.05, 0) is 6.42 Å². The number of rotatable bonds is 4. The molecule has 0 atom stereocenters. The van der Waals surface area contributed by atoms with Crippen LogP contribution in [0.2, 0.25) is 0 Å². The molecule has 0 aliphatic carbocycles. The Morgan fingerprint density at radius 2 is 2.00 bits per heavy atom. The summed E-state index contributed by atoms with van der Waals surface area (Å²) >= 11 is 0. The molecule has 0 aliphatic rings. The minimum absolute atomic E-state index is 0.0217. The highest BCUT2D eigenvalue weighted by Gasteiger charge is 2.10. The largest absolute Gasteiger partial charge is 0.396 e. The van der Waals surface area contributed by atoms with Gasteiger partial charge in [0.05, 0.1) is 21.1 Å². The van der Waals surface area contributed by atoms with Crippen LogP contribution in [0.3, 0.4) is 0 Å². The lowest BCUT2D eigenvalue weighted by atomic mass is 10.3. The molecule has 0 aliphatic heterocycles. The average Bonchev–Trinajstić information content (AvgIpc) is 1.79. The standard InChI is InChI=1S/C7H16N2O2/c1-9(2,3)8-7(11)5-4-6-10/h10H,4-6H2,1-3H3/p+1. The van der Waals surface area contributed by atoms with E-state index in [-0.39, 0.29) is 12.5 Å². The first-order valence-corrected chi connectivity index (χ1v) is 3.69. The Morgan fingerprint density at radius 3 is 2.36 bits per heavy atom. The summed E-state index contributed by atoms with van der Waals surface area (Å²) in [5, 5.41) is 8.43. The first kappa shape index (κ1) is 10.4. The normalized spacial score (nSPS) is 11.3. The van der Waals surface area contributed by atoms with Crippen LogP contribution in [0.4, 0.5) is 0 Å². The van der Waals surface area contributed by atoms with Gasteiger partial charge in [0.2, 0.25) is 0 Å². The molecule has 4 heteroatoms. The van der Waals surface area contributed by atoms with Gasteiger partial charge in [0.25, 0.3) is 5.91 Å². The lowest BCUT2D eigenvalue weighted by Crippen LogP contribution is -2.51. The monoisotopic (exact) mass is 161 g/mol. The highest BCUT2D eigenvalue weighted by molar-refractivity contribution is 5.74. The van der Waals surface area contributed by atoms with Crippen molar-refractivity contribution in [2.45, 2.75) is 12.8 Å². The van der Waals surface area contributed by atoms with E-state index in [4.69, 9.17) is 5.11 Å². The minimum Gasteiger partial charge on any atom is -0.396 e. The van der Waals surface area contributed by atoms with Crippen LogP contribution in [0.15, 0.2) is 0 Å². The van der Waals surface area contributed by atoms with Crippen molar-refractivity contribution in [3.63, 3.8) is 0 Å². The summed E-state index contributed by atoms with van der Waals surface area (Å²) in [6.07, 6.45) is 0.928. The first-order valence-electron chi connectivity index (χ1n) is 3.69. The highest BCUT2D eigenvalue weighted by atomic mass is 16.3. The van der Waals surface area contributed by atoms with Gasteiger partial charge in [0, 0.05) is 13.0 Å². The second-order valence-electron chi connectivity index (χ2n) is 3.37. The predicted molar refractivity (Wildman–Crippen MR) is 42.5 cm³/mol. The van der Waals surface area contributed by atoms with Crippen LogP contribution in [0.5, 0.6) is 0 Å². The van der Waals surface area contributed by atoms with Gasteiger partial charge in [0.15, 0.2) is 0 Å². The lowest BCUT2D eigenvalue weighted by Gasteiger charge is -2.23. The Bertz CT molecular complexity index is 129. The average molecular weight is 161 g/mol. The fourth-order valence-corrected chi connectivity index (χ4v) is 0.670. The van der Waals surface area contributed by atoms with Crippen LogP contribution >= 0.6 is 0 Å². The summed E-state index contributed by atoms with van der Waals surface area (Å²) in [6.45, 7) is 0.0740. The maximum Gasteiger partial charge on any atom is 0.265 e. The molecule has 0 saturated carbocycles. The molecule has 0 unspecified atom stereocenters. The SMILES string of the molecule is C[N+](C)(C)NC(=O)CCCO. The number of hydrogen-bond acceptors (Lipinski definition) is 2. The maximum atomic E-state index is 11.0. The zero-order valence-electron chi connectivity index (χ0n) is 7.42. The van der Waals surface area contributed by atoms with Crippen LogP contribution in [0, 0.1) is 0 Å². The van der Waals surface area contributed by atoms with Crippen LogP contribution in [0.25, 0.3) is 0 Å². The highest BCUT2D eigenvalue weighted by Crippen LogP contribution is 1.89. The van der Waals surface area contributed by atoms with Gasteiger partial charge in [-0.2, -0.15) is 0 Å². The van der Waals surface area contributed by atoms with E-state index in [9.17, 15) is 4.79 Å². The van der Waals surface area contributed by atoms with E-state index >= 15 is 0 Å². The summed E-state index contributed by atoms with van der Waals surface area (Å²) in [7, 11) is 5.62. The van der Waals surface area contributed by atoms with E-state index in [1.54, 1.807) is 0 Å². The number of aliphatic hydroxyl groups excluding tert-OH is 1. The van der Waals surface area contributed by atoms with Crippen LogP contribution in [0.1, 0.15) is 12.8 Å². The third-order valence-electron chi connectivity index (χ3n) is 1.02. The molecular formula is C7H17N2O2+. The van der Waals surface area contributed by atoms with Crippen molar-refractivity contribution < 1.29 is 14.5 Å². The molecule has 0 radical (unpaired) electrons. The predicted octanol–water partition coefficient (Wildman–Crippen LogP) is -0.504. The smallest absolute Gasteiger partial charge is 0.265 e. The molecule has 4 nitrogen and oxygen atoms in total. The van der Waals surface area contributed by atoms with Crippen LogP contribution in [-0.2, 0) is 4.79 Å². The van der Waals surface area contributed by atoms with Crippen molar-refractivity contribution in [3.8, 4) is 0 Å². The fraction of sp³-hybridized carbons (Fsp3) is 0.857. The Balaban J connectivity index is 3.53. The number of amides is 1. The summed E-state index contributed by atoms with van der Waals surface area (Å²) < 4.78 is 0.421. The maximum absolute atomic E-state index is 11.0. The van der Waals surface area contributed by atoms with E-state index in [0.717, 1.165) is 0 Å². The van der Waals surface area contributed by atoms with E-state index in [2.05, 4.69) is 5.43 Å². The fourth-order valence-electron chi connectivity index (χ4n) is 0.670. The van der Waals surface area contributed by atoms with Crippen molar-refractivity contribution in [1.82, 2.24) is 5.43 Å². The van der Waals surface area contributed by atoms with Crippen molar-refractivity contribution in [1.29, 1.82) is 0 Å². The summed E-state index contributed by atoms with van der Waals surface area (Å²) in [5.74, 6) is -0.0217. The van der Waals surface area contributed by atoms with Gasteiger partial charge >= 0.3 is 0 Å². The molecular weight excluding hydrogens is 144 g/mol. The van der Waals surface area contributed by atoms with E-state index in [0.29, 0.717) is 17.4 Å². The van der Waals surface area contributed by atoms with Crippen molar-refractivity contribution in [2.24, 2.45) is 0 Å². The van der Waals surface area contributed by atoms with Gasteiger partial charge in [-0.3, -0.25) is 4.79 Å². The Hall–Kier alpha value is -0.610. The summed E-state index contributed by atoms with van der Waals surface area (Å²) in [4.78, 5) is 11.0. The molecule has 0 spiro atoms. The number of aliphatic hydroxyl groups is 1. The minimum atomic E-state index is -0.0217. The zero-order chi connectivity index (χ0) is 8.91. The molecule has 1 amide bonds. The van der Waals surface area contributed by atoms with Gasteiger partial charge in [-0.25, -0.2) is 10.0 Å². The van der Waals surface area contributed by atoms with Crippen molar-refractivity contribution >= 4 is 5.91 Å². The molecule has 0 aromatic heterocycles. The topological polar surface area (TPSA) is 49.3 Å². The number of nitrogens with zero attached hydrogens (tertiary/aromatic N) is 1. The number of carbonyl (C=O) groups is 1. The number of hydrogen-bond donors (Lipinski definition) is 2. The van der Waals surface area contributed by atoms with E-state index in [1.807, 2.05) is 21.1 Å². The van der Waals surface area contributed by atoms with E-state index < -0.39 is 0 Å². The molecule has 0 aromatic carbocycles. The zero-order valence-corrected chi connectivity index (χ0v) is 7.42. The quantitative estimate of drug-likeness (QED) is 0.431. The van der Waals surface area contributed by atoms with E-state index in [1.165, 1.54) is 0 Å². The Labute approximate surface area is 67.4 Å². The summed E-state index contributed by atoms with van der Waals surface area (Å²) in [5.41, 5.74) is 2.74. The molecule has 0 aromatic rings. The molecule has 0 fully saturated rings. The van der Waals surface area contributed by atoms with Gasteiger partial charge in [0.1, 0.15) is 0 Å². The molecule has 0 rings (SSSR count). The number of carbonyl (C=O) groups excluding carboxylic acids is 1. The second kappa shape index (κ2) is 4.31. The summed E-state index contributed by atoms with van der Waals surface area (Å²) in [6, 6.07) is 0. The van der Waals surface area contributed by atoms with Crippen molar-refractivity contribution in [2.75, 3.05) is 27.7 Å². The molecule has 0 bridgehead atoms. The first-order chi connectivity index (χ1) is 4.95. The van der Waals surface area contributed by atoms with Gasteiger partial charge in [-0.15, -0.1) is 0 Å². The molecule has 0 saturated heterocycles. The Morgan fingerprint density at radius 1 is 1.45 bits per heavy atom. The number of quaternary nitrogens is 1. The van der Waals surface area contributed by atoms with Crippen LogP contribution in [-0.4, -0.2) is 43.4 Å².